The van der Waals surface area contributed by atoms with Crippen LogP contribution in [-0.4, -0.2) is 44.9 Å². The summed E-state index contributed by atoms with van der Waals surface area (Å²) in [5.41, 5.74) is 2.36. The van der Waals surface area contributed by atoms with Gasteiger partial charge in [0.25, 0.3) is 0 Å². The summed E-state index contributed by atoms with van der Waals surface area (Å²) in [4.78, 5) is 2.37. The van der Waals surface area contributed by atoms with Crippen LogP contribution in [0.2, 0.25) is 0 Å². The van der Waals surface area contributed by atoms with Crippen LogP contribution >= 0.6 is 0 Å². The molecule has 4 rings (SSSR count). The minimum Gasteiger partial charge on any atom is -0.493 e. The van der Waals surface area contributed by atoms with Gasteiger partial charge in [0.05, 0.1) is 32.3 Å². The van der Waals surface area contributed by atoms with Crippen LogP contribution < -0.4 is 9.47 Å². The zero-order valence-electron chi connectivity index (χ0n) is 13.2. The first-order chi connectivity index (χ1) is 10.7. The number of hydrogen-bond acceptors (Lipinski definition) is 4. The number of methoxy groups -OCH3 is 2. The molecule has 4 nitrogen and oxygen atoms in total. The van der Waals surface area contributed by atoms with E-state index in [0.717, 1.165) is 18.0 Å². The van der Waals surface area contributed by atoms with E-state index < -0.39 is 0 Å². The summed E-state index contributed by atoms with van der Waals surface area (Å²) >= 11 is 0. The van der Waals surface area contributed by atoms with Gasteiger partial charge in [-0.15, -0.1) is 0 Å². The maximum absolute atomic E-state index is 6.21. The first-order valence-electron chi connectivity index (χ1n) is 7.64. The number of allylic oxidation sites excluding steroid dienone is 2. The third kappa shape index (κ3) is 1.65. The van der Waals surface area contributed by atoms with E-state index in [0.29, 0.717) is 12.6 Å². The minimum atomic E-state index is -0.128. The van der Waals surface area contributed by atoms with Crippen molar-refractivity contribution in [2.75, 3.05) is 27.8 Å². The molecule has 0 N–H and O–H groups in total. The van der Waals surface area contributed by atoms with Crippen LogP contribution in [0.1, 0.15) is 11.1 Å². The number of nitrogens with zero attached hydrogens (tertiary/aromatic N) is 1. The molecule has 22 heavy (non-hydrogen) atoms. The summed E-state index contributed by atoms with van der Waals surface area (Å²) in [6, 6.07) is 4.51. The average Bonchev–Trinajstić information content (AvgIpc) is 2.86. The Hall–Kier alpha value is -1.78. The maximum atomic E-state index is 6.21. The SMILES string of the molecule is COc1cc2c(cc1OC)C13C=CC=CC1N(C)CC3OC2. The van der Waals surface area contributed by atoms with E-state index in [2.05, 4.69) is 48.4 Å². The normalized spacial score (nSPS) is 32.3. The number of hydrogen-bond donors (Lipinski definition) is 0. The molecule has 1 fully saturated rings. The van der Waals surface area contributed by atoms with Crippen molar-refractivity contribution < 1.29 is 14.2 Å². The van der Waals surface area contributed by atoms with Crippen molar-refractivity contribution in [1.29, 1.82) is 0 Å². The Morgan fingerprint density at radius 1 is 1.18 bits per heavy atom. The molecule has 1 saturated heterocycles. The summed E-state index contributed by atoms with van der Waals surface area (Å²) < 4.78 is 17.2. The standard InChI is InChI=1S/C18H21NO3/c1-19-10-17-18(7-5-4-6-16(18)19)13-9-15(21-3)14(20-2)8-12(13)11-22-17/h4-9,16-17H,10-11H2,1-3H3. The Kier molecular flexibility index (Phi) is 3.06. The van der Waals surface area contributed by atoms with Gasteiger partial charge in [-0.2, -0.15) is 0 Å². The summed E-state index contributed by atoms with van der Waals surface area (Å²) in [6.07, 6.45) is 9.02. The third-order valence-electron chi connectivity index (χ3n) is 5.24. The highest BCUT2D eigenvalue weighted by Gasteiger charge is 2.55. The molecule has 4 heteroatoms. The fourth-order valence-electron chi connectivity index (χ4n) is 4.22. The maximum Gasteiger partial charge on any atom is 0.161 e. The van der Waals surface area contributed by atoms with E-state index in [-0.39, 0.29) is 11.5 Å². The average molecular weight is 299 g/mol. The summed E-state index contributed by atoms with van der Waals surface area (Å²) in [6.45, 7) is 1.56. The van der Waals surface area contributed by atoms with E-state index in [1.807, 2.05) is 0 Å². The largest absolute Gasteiger partial charge is 0.493 e. The second-order valence-electron chi connectivity index (χ2n) is 6.23. The molecule has 3 unspecified atom stereocenters. The minimum absolute atomic E-state index is 0.128. The van der Waals surface area contributed by atoms with E-state index in [9.17, 15) is 0 Å². The van der Waals surface area contributed by atoms with Crippen molar-refractivity contribution in [3.8, 4) is 11.5 Å². The molecule has 0 radical (unpaired) electrons. The highest BCUT2D eigenvalue weighted by atomic mass is 16.5. The predicted molar refractivity (Wildman–Crippen MR) is 84.5 cm³/mol. The van der Waals surface area contributed by atoms with E-state index in [1.165, 1.54) is 11.1 Å². The Bertz CT molecular complexity index is 667. The molecule has 0 aromatic heterocycles. The molecule has 1 aromatic carbocycles. The highest BCUT2D eigenvalue weighted by molar-refractivity contribution is 5.56. The van der Waals surface area contributed by atoms with Gasteiger partial charge in [0.1, 0.15) is 0 Å². The zero-order chi connectivity index (χ0) is 15.3. The predicted octanol–water partition coefficient (Wildman–Crippen LogP) is 2.28. The summed E-state index contributed by atoms with van der Waals surface area (Å²) in [7, 11) is 5.52. The van der Waals surface area contributed by atoms with Crippen LogP contribution in [0.3, 0.4) is 0 Å². The lowest BCUT2D eigenvalue weighted by atomic mass is 9.67. The monoisotopic (exact) mass is 299 g/mol. The molecule has 1 aliphatic carbocycles. The van der Waals surface area contributed by atoms with Crippen LogP contribution in [0, 0.1) is 0 Å². The lowest BCUT2D eigenvalue weighted by Crippen LogP contribution is -2.48. The summed E-state index contributed by atoms with van der Waals surface area (Å²) in [5.74, 6) is 1.55. The van der Waals surface area contributed by atoms with Gasteiger partial charge in [0, 0.05) is 12.6 Å². The lowest BCUT2D eigenvalue weighted by Gasteiger charge is -2.43. The molecular weight excluding hydrogens is 278 g/mol. The van der Waals surface area contributed by atoms with Gasteiger partial charge in [-0.1, -0.05) is 24.3 Å². The van der Waals surface area contributed by atoms with E-state index in [1.54, 1.807) is 14.2 Å². The Balaban J connectivity index is 1.94. The van der Waals surface area contributed by atoms with Gasteiger partial charge in [0.15, 0.2) is 11.5 Å². The van der Waals surface area contributed by atoms with Crippen molar-refractivity contribution >= 4 is 0 Å². The fourth-order valence-corrected chi connectivity index (χ4v) is 4.22. The molecule has 1 aromatic rings. The number of benzene rings is 1. The summed E-state index contributed by atoms with van der Waals surface area (Å²) in [5, 5.41) is 0. The molecule has 1 spiro atoms. The second kappa shape index (κ2) is 4.86. The van der Waals surface area contributed by atoms with Gasteiger partial charge in [0.2, 0.25) is 0 Å². The highest BCUT2D eigenvalue weighted by Crippen LogP contribution is 2.50. The molecule has 2 aliphatic heterocycles. The van der Waals surface area contributed by atoms with Crippen molar-refractivity contribution in [3.05, 3.63) is 47.6 Å². The number of likely N-dealkylation sites (tertiary alicyclic amines) is 1. The third-order valence-corrected chi connectivity index (χ3v) is 5.24. The van der Waals surface area contributed by atoms with Crippen molar-refractivity contribution in [2.45, 2.75) is 24.2 Å². The molecule has 0 saturated carbocycles. The second-order valence-corrected chi connectivity index (χ2v) is 6.23. The molecule has 3 aliphatic rings. The van der Waals surface area contributed by atoms with E-state index in [4.69, 9.17) is 14.2 Å². The zero-order valence-corrected chi connectivity index (χ0v) is 13.2. The van der Waals surface area contributed by atoms with Crippen LogP contribution in [-0.2, 0) is 16.8 Å². The van der Waals surface area contributed by atoms with Crippen molar-refractivity contribution in [2.24, 2.45) is 0 Å². The lowest BCUT2D eigenvalue weighted by molar-refractivity contribution is 0.00468. The van der Waals surface area contributed by atoms with Crippen LogP contribution in [0.25, 0.3) is 0 Å². The van der Waals surface area contributed by atoms with Crippen LogP contribution in [0.4, 0.5) is 0 Å². The molecule has 2 heterocycles. The van der Waals surface area contributed by atoms with Gasteiger partial charge >= 0.3 is 0 Å². The van der Waals surface area contributed by atoms with Gasteiger partial charge in [-0.25, -0.2) is 0 Å². The van der Waals surface area contributed by atoms with Gasteiger partial charge < -0.3 is 14.2 Å². The van der Waals surface area contributed by atoms with Gasteiger partial charge in [-0.3, -0.25) is 4.90 Å². The van der Waals surface area contributed by atoms with Crippen LogP contribution in [0.15, 0.2) is 36.4 Å². The molecule has 0 amide bonds. The fraction of sp³-hybridized carbons (Fsp3) is 0.444. The molecular formula is C18H21NO3. The van der Waals surface area contributed by atoms with Gasteiger partial charge in [-0.05, 0) is 30.3 Å². The molecule has 0 bridgehead atoms. The van der Waals surface area contributed by atoms with Crippen molar-refractivity contribution in [1.82, 2.24) is 4.90 Å². The number of fused-ring (bicyclic) bond motifs is 1. The Labute approximate surface area is 131 Å². The Morgan fingerprint density at radius 2 is 1.95 bits per heavy atom. The smallest absolute Gasteiger partial charge is 0.161 e. The number of ether oxygens (including phenoxy) is 3. The number of rotatable bonds is 2. The van der Waals surface area contributed by atoms with Crippen LogP contribution in [0.5, 0.6) is 11.5 Å². The topological polar surface area (TPSA) is 30.9 Å². The Morgan fingerprint density at radius 3 is 2.73 bits per heavy atom. The first kappa shape index (κ1) is 13.9. The molecule has 3 atom stereocenters. The van der Waals surface area contributed by atoms with Crippen molar-refractivity contribution in [3.63, 3.8) is 0 Å². The molecule has 116 valence electrons. The quantitative estimate of drug-likeness (QED) is 0.838. The first-order valence-corrected chi connectivity index (χ1v) is 7.64. The number of likely N-dealkylation sites (N-methyl/N-ethyl adjacent to an activating group) is 1. The van der Waals surface area contributed by atoms with E-state index >= 15 is 0 Å².